The number of esters is 1. The lowest BCUT2D eigenvalue weighted by Crippen LogP contribution is -2.38. The van der Waals surface area contributed by atoms with Gasteiger partial charge in [-0.3, -0.25) is 9.79 Å². The Morgan fingerprint density at radius 3 is 2.89 bits per heavy atom. The van der Waals surface area contributed by atoms with Crippen molar-refractivity contribution >= 4 is 17.8 Å². The normalized spacial score (nSPS) is 23.9. The Morgan fingerprint density at radius 1 is 1.33 bits per heavy atom. The van der Waals surface area contributed by atoms with Crippen molar-refractivity contribution in [1.29, 1.82) is 0 Å². The Balaban J connectivity index is 2.36. The van der Waals surface area contributed by atoms with E-state index in [1.54, 1.807) is 12.4 Å². The number of carbonyl (C=O) groups is 1. The summed E-state index contributed by atoms with van der Waals surface area (Å²) in [4.78, 5) is 20.6. The molecule has 3 rings (SSSR count). The lowest BCUT2D eigenvalue weighted by Gasteiger charge is -2.26. The van der Waals surface area contributed by atoms with Crippen LogP contribution < -0.4 is 10.6 Å². The first kappa shape index (κ1) is 10.9. The highest BCUT2D eigenvalue weighted by Gasteiger charge is 2.42. The first-order valence-electron chi connectivity index (χ1n) is 5.68. The van der Waals surface area contributed by atoms with Crippen LogP contribution >= 0.6 is 0 Å². The molecule has 1 atom stereocenters. The summed E-state index contributed by atoms with van der Waals surface area (Å²) in [6, 6.07) is 7.76. The molecule has 1 aromatic rings. The molecule has 0 saturated carbocycles. The summed E-state index contributed by atoms with van der Waals surface area (Å²) in [7, 11) is 1.39. The van der Waals surface area contributed by atoms with Gasteiger partial charge in [-0.2, -0.15) is 0 Å². The zero-order chi connectivity index (χ0) is 12.8. The fourth-order valence-corrected chi connectivity index (χ4v) is 2.43. The average Bonchev–Trinajstić information content (AvgIpc) is 2.77. The fourth-order valence-electron chi connectivity index (χ4n) is 2.43. The molecule has 4 heteroatoms. The number of hydrogen-bond donors (Lipinski definition) is 0. The summed E-state index contributed by atoms with van der Waals surface area (Å²) in [5.74, 6) is -0.321. The molecule has 0 saturated heterocycles. The third-order valence-electron chi connectivity index (χ3n) is 3.33. The number of rotatable bonds is 1. The molecule has 0 bridgehead atoms. The zero-order valence-corrected chi connectivity index (χ0v) is 10.2. The fraction of sp³-hybridized carbons (Fsp3) is 0.214. The zero-order valence-electron chi connectivity index (χ0n) is 10.2. The molecule has 2 aliphatic heterocycles. The number of para-hydroxylation sites is 1. The summed E-state index contributed by atoms with van der Waals surface area (Å²) in [5, 5.41) is 1.85. The molecule has 90 valence electrons. The molecular weight excluding hydrogens is 228 g/mol. The molecule has 2 heterocycles. The topological polar surface area (TPSA) is 51.0 Å². The maximum Gasteiger partial charge on any atom is 0.321 e. The average molecular weight is 240 g/mol. The molecule has 18 heavy (non-hydrogen) atoms. The predicted octanol–water partition coefficient (Wildman–Crippen LogP) is 0.576. The molecule has 0 aromatic heterocycles. The largest absolute Gasteiger partial charge is 0.468 e. The molecular formula is C14H12N2O2. The number of hydrogen-bond acceptors (Lipinski definition) is 4. The van der Waals surface area contributed by atoms with E-state index in [0.29, 0.717) is 0 Å². The summed E-state index contributed by atoms with van der Waals surface area (Å²) >= 11 is 0. The van der Waals surface area contributed by atoms with Crippen LogP contribution in [0.4, 0.5) is 0 Å². The highest BCUT2D eigenvalue weighted by atomic mass is 16.5. The number of fused-ring (bicyclic) bond motifs is 2. The standard InChI is InChI=1S/C14H12N2O2/c1-14(13(17)18-2)8-15-7-11-12(14)9-5-3-4-6-10(9)16-11/h3-8H,1-2H3. The van der Waals surface area contributed by atoms with Crippen LogP contribution in [0.25, 0.3) is 5.57 Å². The maximum atomic E-state index is 12.0. The van der Waals surface area contributed by atoms with Gasteiger partial charge in [0, 0.05) is 17.0 Å². The molecule has 0 N–H and O–H groups in total. The highest BCUT2D eigenvalue weighted by Crippen LogP contribution is 2.36. The number of allylic oxidation sites excluding steroid dienone is 1. The summed E-state index contributed by atoms with van der Waals surface area (Å²) in [5.41, 5.74) is 0.751. The van der Waals surface area contributed by atoms with Crippen molar-refractivity contribution in [3.8, 4) is 0 Å². The third-order valence-corrected chi connectivity index (χ3v) is 3.33. The SMILES string of the molecule is COC(=O)C1(C)C=NC=C2N=c3ccccc3=C21. The molecule has 1 unspecified atom stereocenters. The van der Waals surface area contributed by atoms with Crippen molar-refractivity contribution in [2.24, 2.45) is 15.4 Å². The van der Waals surface area contributed by atoms with Gasteiger partial charge in [0.1, 0.15) is 5.41 Å². The van der Waals surface area contributed by atoms with Crippen LogP contribution in [-0.2, 0) is 9.53 Å². The monoisotopic (exact) mass is 240 g/mol. The third kappa shape index (κ3) is 1.29. The number of carbonyl (C=O) groups excluding carboxylic acids is 1. The summed E-state index contributed by atoms with van der Waals surface area (Å²) in [6.45, 7) is 1.81. The highest BCUT2D eigenvalue weighted by molar-refractivity contribution is 6.09. The summed E-state index contributed by atoms with van der Waals surface area (Å²) in [6.07, 6.45) is 3.30. The molecule has 0 amide bonds. The molecule has 0 spiro atoms. The summed E-state index contributed by atoms with van der Waals surface area (Å²) < 4.78 is 4.90. The van der Waals surface area contributed by atoms with E-state index in [1.165, 1.54) is 7.11 Å². The van der Waals surface area contributed by atoms with Crippen molar-refractivity contribution in [2.45, 2.75) is 6.92 Å². The van der Waals surface area contributed by atoms with Gasteiger partial charge >= 0.3 is 5.97 Å². The van der Waals surface area contributed by atoms with E-state index < -0.39 is 5.41 Å². The van der Waals surface area contributed by atoms with Gasteiger partial charge in [0.15, 0.2) is 0 Å². The van der Waals surface area contributed by atoms with Crippen LogP contribution in [0.3, 0.4) is 0 Å². The minimum Gasteiger partial charge on any atom is -0.468 e. The van der Waals surface area contributed by atoms with Crippen molar-refractivity contribution in [2.75, 3.05) is 7.11 Å². The van der Waals surface area contributed by atoms with Gasteiger partial charge < -0.3 is 4.74 Å². The van der Waals surface area contributed by atoms with Gasteiger partial charge in [0.25, 0.3) is 0 Å². The minimum atomic E-state index is -0.866. The first-order valence-corrected chi connectivity index (χ1v) is 5.68. The Labute approximate surface area is 104 Å². The Morgan fingerprint density at radius 2 is 2.11 bits per heavy atom. The number of nitrogens with zero attached hydrogens (tertiary/aromatic N) is 2. The number of methoxy groups -OCH3 is 1. The van der Waals surface area contributed by atoms with E-state index in [9.17, 15) is 4.79 Å². The van der Waals surface area contributed by atoms with Gasteiger partial charge in [0.2, 0.25) is 0 Å². The number of aliphatic imine (C=N–C) groups is 1. The van der Waals surface area contributed by atoms with E-state index in [4.69, 9.17) is 4.74 Å². The van der Waals surface area contributed by atoms with Crippen LogP contribution in [0.15, 0.2) is 46.1 Å². The predicted molar refractivity (Wildman–Crippen MR) is 67.3 cm³/mol. The van der Waals surface area contributed by atoms with E-state index in [1.807, 2.05) is 31.2 Å². The van der Waals surface area contributed by atoms with Gasteiger partial charge in [-0.1, -0.05) is 18.2 Å². The second-order valence-corrected chi connectivity index (χ2v) is 4.49. The molecule has 0 fully saturated rings. The molecule has 4 nitrogen and oxygen atoms in total. The van der Waals surface area contributed by atoms with Crippen molar-refractivity contribution in [3.05, 3.63) is 46.7 Å². The van der Waals surface area contributed by atoms with Crippen molar-refractivity contribution in [3.63, 3.8) is 0 Å². The number of benzene rings is 1. The second kappa shape index (κ2) is 3.63. The van der Waals surface area contributed by atoms with Gasteiger partial charge in [0.05, 0.1) is 24.4 Å². The molecule has 1 aromatic carbocycles. The lowest BCUT2D eigenvalue weighted by atomic mass is 9.80. The van der Waals surface area contributed by atoms with Crippen LogP contribution in [0, 0.1) is 5.41 Å². The Kier molecular flexibility index (Phi) is 2.20. The van der Waals surface area contributed by atoms with Crippen LogP contribution in [0.5, 0.6) is 0 Å². The van der Waals surface area contributed by atoms with E-state index in [0.717, 1.165) is 21.8 Å². The second-order valence-electron chi connectivity index (χ2n) is 4.49. The van der Waals surface area contributed by atoms with E-state index >= 15 is 0 Å². The minimum absolute atomic E-state index is 0.321. The first-order chi connectivity index (χ1) is 8.66. The van der Waals surface area contributed by atoms with Crippen LogP contribution in [-0.4, -0.2) is 19.3 Å². The molecule has 0 aliphatic carbocycles. The lowest BCUT2D eigenvalue weighted by molar-refractivity contribution is -0.145. The van der Waals surface area contributed by atoms with Crippen LogP contribution in [0.2, 0.25) is 0 Å². The van der Waals surface area contributed by atoms with E-state index in [-0.39, 0.29) is 5.97 Å². The molecule has 2 aliphatic rings. The van der Waals surface area contributed by atoms with Gasteiger partial charge in [-0.05, 0) is 13.0 Å². The quantitative estimate of drug-likeness (QED) is 0.674. The van der Waals surface area contributed by atoms with Crippen molar-refractivity contribution < 1.29 is 9.53 Å². The van der Waals surface area contributed by atoms with Gasteiger partial charge in [-0.25, -0.2) is 4.99 Å². The van der Waals surface area contributed by atoms with E-state index in [2.05, 4.69) is 9.98 Å². The smallest absolute Gasteiger partial charge is 0.321 e. The Hall–Kier alpha value is -2.23. The van der Waals surface area contributed by atoms with Crippen LogP contribution in [0.1, 0.15) is 6.92 Å². The van der Waals surface area contributed by atoms with Gasteiger partial charge in [-0.15, -0.1) is 0 Å². The Bertz CT molecular complexity index is 716. The maximum absolute atomic E-state index is 12.0. The number of ether oxygens (including phenoxy) is 1. The molecule has 0 radical (unpaired) electrons. The van der Waals surface area contributed by atoms with Crippen molar-refractivity contribution in [1.82, 2.24) is 0 Å².